The maximum absolute atomic E-state index is 11.3. The molecule has 1 aromatic rings. The van der Waals surface area contributed by atoms with Gasteiger partial charge in [0.1, 0.15) is 5.75 Å². The van der Waals surface area contributed by atoms with Gasteiger partial charge in [-0.05, 0) is 41.1 Å². The highest BCUT2D eigenvalue weighted by molar-refractivity contribution is 6.30. The molecule has 0 bridgehead atoms. The summed E-state index contributed by atoms with van der Waals surface area (Å²) in [5, 5.41) is 13.5. The van der Waals surface area contributed by atoms with E-state index in [4.69, 9.17) is 21.1 Å². The second kappa shape index (κ2) is 9.60. The minimum atomic E-state index is -1.39. The van der Waals surface area contributed by atoms with Crippen LogP contribution in [0.1, 0.15) is 39.5 Å². The van der Waals surface area contributed by atoms with Crippen LogP contribution >= 0.6 is 11.6 Å². The van der Waals surface area contributed by atoms with Crippen molar-refractivity contribution in [3.05, 3.63) is 64.0 Å². The molecular weight excluding hydrogens is 352 g/mol. The van der Waals surface area contributed by atoms with Crippen molar-refractivity contribution < 1.29 is 19.4 Å². The number of aliphatic hydroxyl groups is 1. The van der Waals surface area contributed by atoms with E-state index in [1.165, 1.54) is 17.4 Å². The van der Waals surface area contributed by atoms with Gasteiger partial charge in [0.25, 0.3) is 0 Å². The fourth-order valence-corrected chi connectivity index (χ4v) is 2.34. The molecule has 0 amide bonds. The summed E-state index contributed by atoms with van der Waals surface area (Å²) in [6.07, 6.45) is 2.38. The molecule has 0 fully saturated rings. The zero-order valence-corrected chi connectivity index (χ0v) is 16.0. The van der Waals surface area contributed by atoms with Crippen LogP contribution in [-0.2, 0) is 9.53 Å². The second-order valence-corrected chi connectivity index (χ2v) is 6.82. The molecule has 2 aliphatic carbocycles. The largest absolute Gasteiger partial charge is 0.465 e. The van der Waals surface area contributed by atoms with E-state index in [0.29, 0.717) is 17.2 Å². The number of rotatable bonds is 8. The van der Waals surface area contributed by atoms with Crippen LogP contribution in [0.3, 0.4) is 0 Å². The van der Waals surface area contributed by atoms with Gasteiger partial charge in [-0.2, -0.15) is 0 Å². The Morgan fingerprint density at radius 3 is 2.12 bits per heavy atom. The third-order valence-corrected chi connectivity index (χ3v) is 4.19. The highest BCUT2D eigenvalue weighted by Crippen LogP contribution is 2.21. The highest BCUT2D eigenvalue weighted by Gasteiger charge is 2.23. The first-order chi connectivity index (χ1) is 12.4. The summed E-state index contributed by atoms with van der Waals surface area (Å²) in [5.41, 5.74) is 0. The van der Waals surface area contributed by atoms with E-state index < -0.39 is 5.79 Å². The molecule has 0 heterocycles. The SMILES string of the molecule is CCCCC(=O)OCCC(C)(O)Oc1ccc(Cl)cc1.c1cc2ccc1=2. The molecule has 0 aliphatic heterocycles. The topological polar surface area (TPSA) is 55.8 Å². The van der Waals surface area contributed by atoms with Gasteiger partial charge in [0, 0.05) is 24.8 Å². The van der Waals surface area contributed by atoms with Crippen molar-refractivity contribution in [3.63, 3.8) is 0 Å². The van der Waals surface area contributed by atoms with Crippen LogP contribution in [-0.4, -0.2) is 23.5 Å². The summed E-state index contributed by atoms with van der Waals surface area (Å²) in [5.74, 6) is -1.12. The number of unbranched alkanes of at least 4 members (excludes halogenated alkanes) is 1. The van der Waals surface area contributed by atoms with Gasteiger partial charge in [0.15, 0.2) is 0 Å². The van der Waals surface area contributed by atoms with Crippen molar-refractivity contribution in [3.8, 4) is 5.75 Å². The Hall–Kier alpha value is -2.04. The summed E-state index contributed by atoms with van der Waals surface area (Å²) in [7, 11) is 0. The van der Waals surface area contributed by atoms with Crippen molar-refractivity contribution in [2.45, 2.75) is 45.3 Å². The summed E-state index contributed by atoms with van der Waals surface area (Å²) in [6.45, 7) is 3.67. The fourth-order valence-electron chi connectivity index (χ4n) is 2.22. The van der Waals surface area contributed by atoms with Gasteiger partial charge < -0.3 is 14.6 Å². The van der Waals surface area contributed by atoms with Crippen molar-refractivity contribution in [1.82, 2.24) is 0 Å². The van der Waals surface area contributed by atoms with Crippen LogP contribution in [0.5, 0.6) is 5.75 Å². The Labute approximate surface area is 159 Å². The minimum Gasteiger partial charge on any atom is -0.465 e. The van der Waals surface area contributed by atoms with E-state index in [1.54, 1.807) is 24.3 Å². The number of hydrogen-bond acceptors (Lipinski definition) is 4. The number of carbonyl (C=O) groups excluding carboxylic acids is 1. The van der Waals surface area contributed by atoms with E-state index in [9.17, 15) is 9.90 Å². The Balaban J connectivity index is 0.000000331. The Morgan fingerprint density at radius 1 is 1.08 bits per heavy atom. The molecule has 0 spiro atoms. The van der Waals surface area contributed by atoms with Gasteiger partial charge >= 0.3 is 5.97 Å². The zero-order chi connectivity index (χ0) is 19.0. The van der Waals surface area contributed by atoms with Crippen molar-refractivity contribution in [2.24, 2.45) is 0 Å². The molecule has 1 N–H and O–H groups in total. The first kappa shape index (κ1) is 20.3. The van der Waals surface area contributed by atoms with Crippen LogP contribution in [0.2, 0.25) is 5.02 Å². The van der Waals surface area contributed by atoms with E-state index in [2.05, 4.69) is 24.3 Å². The maximum atomic E-state index is 11.3. The summed E-state index contributed by atoms with van der Waals surface area (Å²) in [6, 6.07) is 15.2. The number of halogens is 1. The second-order valence-electron chi connectivity index (χ2n) is 6.38. The number of ether oxygens (including phenoxy) is 2. The quantitative estimate of drug-likeness (QED) is 0.451. The molecule has 1 unspecified atom stereocenters. The van der Waals surface area contributed by atoms with Gasteiger partial charge in [-0.25, -0.2) is 0 Å². The van der Waals surface area contributed by atoms with Crippen LogP contribution < -0.4 is 4.74 Å². The van der Waals surface area contributed by atoms with Crippen molar-refractivity contribution in [2.75, 3.05) is 6.61 Å². The average molecular weight is 377 g/mol. The molecule has 3 rings (SSSR count). The van der Waals surface area contributed by atoms with Gasteiger partial charge in [-0.3, -0.25) is 4.79 Å². The normalized spacial score (nSPS) is 13.1. The third kappa shape index (κ3) is 6.70. The zero-order valence-electron chi connectivity index (χ0n) is 15.2. The molecule has 0 aromatic heterocycles. The molecule has 4 nitrogen and oxygen atoms in total. The summed E-state index contributed by atoms with van der Waals surface area (Å²) in [4.78, 5) is 11.3. The lowest BCUT2D eigenvalue weighted by molar-refractivity contribution is -0.155. The van der Waals surface area contributed by atoms with E-state index in [0.717, 1.165) is 12.8 Å². The fraction of sp³-hybridized carbons (Fsp3) is 0.381. The molecule has 1 aromatic carbocycles. The number of hydrogen-bond donors (Lipinski definition) is 1. The molecule has 1 atom stereocenters. The van der Waals surface area contributed by atoms with Crippen molar-refractivity contribution in [1.29, 1.82) is 0 Å². The first-order valence-electron chi connectivity index (χ1n) is 8.82. The number of carbonyl (C=O) groups is 1. The maximum Gasteiger partial charge on any atom is 0.305 e. The Bertz CT molecular complexity index is 749. The predicted molar refractivity (Wildman–Crippen MR) is 102 cm³/mol. The molecule has 0 saturated carbocycles. The van der Waals surface area contributed by atoms with Gasteiger partial charge in [0.2, 0.25) is 5.79 Å². The lowest BCUT2D eigenvalue weighted by atomic mass is 10.1. The van der Waals surface area contributed by atoms with Crippen molar-refractivity contribution >= 4 is 17.6 Å². The summed E-state index contributed by atoms with van der Waals surface area (Å²) < 4.78 is 10.5. The van der Waals surface area contributed by atoms with Crippen LogP contribution in [0.25, 0.3) is 0 Å². The van der Waals surface area contributed by atoms with Gasteiger partial charge in [-0.15, -0.1) is 0 Å². The van der Waals surface area contributed by atoms with Crippen LogP contribution in [0.4, 0.5) is 0 Å². The van der Waals surface area contributed by atoms with Crippen LogP contribution in [0, 0.1) is 10.4 Å². The average Bonchev–Trinajstić information content (AvgIpc) is 2.58. The monoisotopic (exact) mass is 376 g/mol. The van der Waals surface area contributed by atoms with Crippen LogP contribution in [0.15, 0.2) is 48.5 Å². The van der Waals surface area contributed by atoms with E-state index >= 15 is 0 Å². The number of benzene rings is 2. The molecule has 0 saturated heterocycles. The first-order valence-corrected chi connectivity index (χ1v) is 9.20. The number of esters is 1. The third-order valence-electron chi connectivity index (χ3n) is 3.93. The minimum absolute atomic E-state index is 0.128. The van der Waals surface area contributed by atoms with E-state index in [1.807, 2.05) is 6.92 Å². The standard InChI is InChI=1S/C15H21ClO4.C6H4/c1-3-4-5-14(17)19-11-10-15(2,18)20-13-8-6-12(16)7-9-13;1-2-6-4-3-5(1)6/h6-9,18H,3-5,10-11H2,1-2H3;1-4H. The molecule has 0 radical (unpaired) electrons. The Morgan fingerprint density at radius 2 is 1.65 bits per heavy atom. The lowest BCUT2D eigenvalue weighted by Gasteiger charge is -2.24. The van der Waals surface area contributed by atoms with E-state index in [-0.39, 0.29) is 19.0 Å². The molecule has 26 heavy (non-hydrogen) atoms. The van der Waals surface area contributed by atoms with Gasteiger partial charge in [-0.1, -0.05) is 49.2 Å². The Kier molecular flexibility index (Phi) is 7.49. The molecule has 5 heteroatoms. The summed E-state index contributed by atoms with van der Waals surface area (Å²) >= 11 is 5.77. The lowest BCUT2D eigenvalue weighted by Crippen LogP contribution is -2.33. The molecule has 2 aliphatic rings. The highest BCUT2D eigenvalue weighted by atomic mass is 35.5. The smallest absolute Gasteiger partial charge is 0.305 e. The predicted octanol–water partition coefficient (Wildman–Crippen LogP) is 4.84. The molecule has 140 valence electrons. The van der Waals surface area contributed by atoms with Gasteiger partial charge in [0.05, 0.1) is 6.61 Å². The molecular formula is C21H25ClO4.